The minimum Gasteiger partial charge on any atom is -0.317 e. The van der Waals surface area contributed by atoms with E-state index in [1.165, 1.54) is 12.0 Å². The van der Waals surface area contributed by atoms with E-state index in [0.717, 1.165) is 19.0 Å². The molecule has 11 heavy (non-hydrogen) atoms. The van der Waals surface area contributed by atoms with Crippen molar-refractivity contribution in [3.63, 3.8) is 0 Å². The lowest BCUT2D eigenvalue weighted by atomic mass is 10.1. The maximum atomic E-state index is 3.34. The summed E-state index contributed by atoms with van der Waals surface area (Å²) in [4.78, 5) is 0. The Bertz CT molecular complexity index is 112. The van der Waals surface area contributed by atoms with Crippen LogP contribution in [0.2, 0.25) is 0 Å². The van der Waals surface area contributed by atoms with Crippen molar-refractivity contribution in [1.29, 1.82) is 0 Å². The third-order valence-electron chi connectivity index (χ3n) is 1.67. The molecule has 1 heteroatoms. The molecule has 0 amide bonds. The van der Waals surface area contributed by atoms with E-state index in [0.29, 0.717) is 0 Å². The minimum absolute atomic E-state index is 0.768. The van der Waals surface area contributed by atoms with Gasteiger partial charge in [0.15, 0.2) is 0 Å². The molecule has 1 nitrogen and oxygen atoms in total. The van der Waals surface area contributed by atoms with Gasteiger partial charge < -0.3 is 5.32 Å². The van der Waals surface area contributed by atoms with E-state index < -0.39 is 0 Å². The average Bonchev–Trinajstić information content (AvgIpc) is 1.97. The molecule has 0 fully saturated rings. The molecular formula is C10H21N. The molecule has 0 heterocycles. The van der Waals surface area contributed by atoms with E-state index in [1.54, 1.807) is 0 Å². The normalized spacial score (nSPS) is 12.7. The van der Waals surface area contributed by atoms with Gasteiger partial charge in [-0.25, -0.2) is 0 Å². The fraction of sp³-hybridized carbons (Fsp3) is 0.800. The molecule has 1 unspecified atom stereocenters. The lowest BCUT2D eigenvalue weighted by molar-refractivity contribution is 0.529. The fourth-order valence-corrected chi connectivity index (χ4v) is 0.911. The van der Waals surface area contributed by atoms with E-state index >= 15 is 0 Å². The molecule has 0 bridgehead atoms. The summed E-state index contributed by atoms with van der Waals surface area (Å²) in [5, 5.41) is 3.34. The zero-order valence-corrected chi connectivity index (χ0v) is 8.28. The molecule has 0 aliphatic rings. The van der Waals surface area contributed by atoms with Crippen LogP contribution in [-0.2, 0) is 0 Å². The van der Waals surface area contributed by atoms with Gasteiger partial charge in [0.25, 0.3) is 0 Å². The Labute approximate surface area is 70.9 Å². The van der Waals surface area contributed by atoms with Crippen molar-refractivity contribution >= 4 is 0 Å². The summed E-state index contributed by atoms with van der Waals surface area (Å²) in [6.45, 7) is 11.0. The second-order valence-corrected chi connectivity index (χ2v) is 3.43. The zero-order valence-electron chi connectivity index (χ0n) is 8.28. The Balaban J connectivity index is 3.36. The molecule has 0 aromatic heterocycles. The average molecular weight is 155 g/mol. The van der Waals surface area contributed by atoms with Gasteiger partial charge in [0.05, 0.1) is 0 Å². The van der Waals surface area contributed by atoms with Gasteiger partial charge in [-0.2, -0.15) is 0 Å². The van der Waals surface area contributed by atoms with E-state index in [9.17, 15) is 0 Å². The van der Waals surface area contributed by atoms with Crippen LogP contribution in [0, 0.1) is 5.92 Å². The van der Waals surface area contributed by atoms with E-state index in [-0.39, 0.29) is 0 Å². The maximum absolute atomic E-state index is 3.34. The minimum atomic E-state index is 0.768. The molecular weight excluding hydrogens is 134 g/mol. The van der Waals surface area contributed by atoms with Crippen LogP contribution in [-0.4, -0.2) is 13.1 Å². The van der Waals surface area contributed by atoms with Crippen molar-refractivity contribution in [2.24, 2.45) is 5.92 Å². The second kappa shape index (κ2) is 6.41. The van der Waals surface area contributed by atoms with Crippen molar-refractivity contribution in [3.05, 3.63) is 11.6 Å². The standard InChI is InChI=1S/C10H21N/c1-5-11-8-10(4)7-6-9(2)3/h6,10-11H,5,7-8H2,1-4H3. The topological polar surface area (TPSA) is 12.0 Å². The Hall–Kier alpha value is -0.300. The largest absolute Gasteiger partial charge is 0.317 e. The molecule has 0 aliphatic heterocycles. The summed E-state index contributed by atoms with van der Waals surface area (Å²) in [5.41, 5.74) is 1.42. The van der Waals surface area contributed by atoms with Gasteiger partial charge in [0.1, 0.15) is 0 Å². The zero-order chi connectivity index (χ0) is 8.69. The first kappa shape index (κ1) is 10.7. The van der Waals surface area contributed by atoms with E-state index in [4.69, 9.17) is 0 Å². The highest BCUT2D eigenvalue weighted by atomic mass is 14.8. The van der Waals surface area contributed by atoms with Crippen molar-refractivity contribution in [3.8, 4) is 0 Å². The number of rotatable bonds is 5. The first-order valence-corrected chi connectivity index (χ1v) is 4.50. The van der Waals surface area contributed by atoms with Crippen LogP contribution < -0.4 is 5.32 Å². The summed E-state index contributed by atoms with van der Waals surface area (Å²) in [7, 11) is 0. The van der Waals surface area contributed by atoms with Gasteiger partial charge in [-0.15, -0.1) is 0 Å². The highest BCUT2D eigenvalue weighted by Gasteiger charge is 1.96. The third-order valence-corrected chi connectivity index (χ3v) is 1.67. The number of hydrogen-bond acceptors (Lipinski definition) is 1. The summed E-state index contributed by atoms with van der Waals surface area (Å²) in [6.07, 6.45) is 3.51. The lowest BCUT2D eigenvalue weighted by Gasteiger charge is -2.08. The lowest BCUT2D eigenvalue weighted by Crippen LogP contribution is -2.20. The molecule has 0 saturated carbocycles. The Morgan fingerprint density at radius 1 is 1.45 bits per heavy atom. The Kier molecular flexibility index (Phi) is 6.24. The highest BCUT2D eigenvalue weighted by Crippen LogP contribution is 2.03. The van der Waals surface area contributed by atoms with Gasteiger partial charge in [0.2, 0.25) is 0 Å². The number of allylic oxidation sites excluding steroid dienone is 2. The summed E-state index contributed by atoms with van der Waals surface area (Å²) in [6, 6.07) is 0. The SMILES string of the molecule is CCNCC(C)CC=C(C)C. The van der Waals surface area contributed by atoms with Crippen LogP contribution in [0.25, 0.3) is 0 Å². The second-order valence-electron chi connectivity index (χ2n) is 3.43. The Morgan fingerprint density at radius 3 is 2.55 bits per heavy atom. The molecule has 0 aromatic rings. The van der Waals surface area contributed by atoms with Crippen molar-refractivity contribution in [2.75, 3.05) is 13.1 Å². The summed E-state index contributed by atoms with van der Waals surface area (Å²) >= 11 is 0. The monoisotopic (exact) mass is 155 g/mol. The fourth-order valence-electron chi connectivity index (χ4n) is 0.911. The number of hydrogen-bond donors (Lipinski definition) is 1. The predicted molar refractivity (Wildman–Crippen MR) is 51.8 cm³/mol. The van der Waals surface area contributed by atoms with Crippen LogP contribution in [0.4, 0.5) is 0 Å². The highest BCUT2D eigenvalue weighted by molar-refractivity contribution is 4.93. The van der Waals surface area contributed by atoms with Crippen LogP contribution in [0.15, 0.2) is 11.6 Å². The molecule has 0 rings (SSSR count). The third kappa shape index (κ3) is 7.60. The molecule has 0 radical (unpaired) electrons. The first-order chi connectivity index (χ1) is 5.16. The smallest absolute Gasteiger partial charge is 0.00203 e. The van der Waals surface area contributed by atoms with E-state index in [1.807, 2.05) is 0 Å². The molecule has 0 aromatic carbocycles. The Morgan fingerprint density at radius 2 is 2.09 bits per heavy atom. The van der Waals surface area contributed by atoms with Gasteiger partial charge in [-0.05, 0) is 39.3 Å². The van der Waals surface area contributed by atoms with Crippen molar-refractivity contribution in [2.45, 2.75) is 34.1 Å². The summed E-state index contributed by atoms with van der Waals surface area (Å²) in [5.74, 6) is 0.768. The van der Waals surface area contributed by atoms with Gasteiger partial charge >= 0.3 is 0 Å². The quantitative estimate of drug-likeness (QED) is 0.602. The molecule has 1 atom stereocenters. The van der Waals surface area contributed by atoms with Crippen LogP contribution in [0.5, 0.6) is 0 Å². The number of nitrogens with one attached hydrogen (secondary N) is 1. The van der Waals surface area contributed by atoms with Crippen LogP contribution in [0.3, 0.4) is 0 Å². The van der Waals surface area contributed by atoms with Crippen molar-refractivity contribution < 1.29 is 0 Å². The maximum Gasteiger partial charge on any atom is -0.00203 e. The molecule has 1 N–H and O–H groups in total. The van der Waals surface area contributed by atoms with Crippen LogP contribution in [0.1, 0.15) is 34.1 Å². The van der Waals surface area contributed by atoms with E-state index in [2.05, 4.69) is 39.1 Å². The molecule has 66 valence electrons. The first-order valence-electron chi connectivity index (χ1n) is 4.50. The van der Waals surface area contributed by atoms with Gasteiger partial charge in [-0.3, -0.25) is 0 Å². The van der Waals surface area contributed by atoms with Crippen molar-refractivity contribution in [1.82, 2.24) is 5.32 Å². The molecule has 0 spiro atoms. The van der Waals surface area contributed by atoms with Gasteiger partial charge in [0, 0.05) is 0 Å². The molecule has 0 saturated heterocycles. The summed E-state index contributed by atoms with van der Waals surface area (Å²) < 4.78 is 0. The van der Waals surface area contributed by atoms with Gasteiger partial charge in [-0.1, -0.05) is 25.5 Å². The van der Waals surface area contributed by atoms with Crippen LogP contribution >= 0.6 is 0 Å². The molecule has 0 aliphatic carbocycles. The predicted octanol–water partition coefficient (Wildman–Crippen LogP) is 2.59.